The molecule has 2 heterocycles. The van der Waals surface area contributed by atoms with Crippen molar-refractivity contribution >= 4 is 28.0 Å². The Bertz CT molecular complexity index is 855. The molecule has 1 aromatic carbocycles. The lowest BCUT2D eigenvalue weighted by atomic mass is 10.1. The maximum Gasteiger partial charge on any atom is 0.267 e. The summed E-state index contributed by atoms with van der Waals surface area (Å²) in [6, 6.07) is 10.5. The lowest BCUT2D eigenvalue weighted by Gasteiger charge is -2.10. The molecule has 3 N–H and O–H groups in total. The van der Waals surface area contributed by atoms with Crippen LogP contribution in [0.4, 0.5) is 0 Å². The Hall–Kier alpha value is -2.44. The van der Waals surface area contributed by atoms with Gasteiger partial charge in [0.2, 0.25) is 0 Å². The number of carbonyl (C=O) groups excluding carboxylic acids is 1. The smallest absolute Gasteiger partial charge is 0.267 e. The van der Waals surface area contributed by atoms with Crippen molar-refractivity contribution in [2.24, 2.45) is 0 Å². The highest BCUT2D eigenvalue weighted by Crippen LogP contribution is 2.15. The molecule has 2 aromatic heterocycles. The highest BCUT2D eigenvalue weighted by atomic mass is 32.1. The first-order valence-electron chi connectivity index (χ1n) is 6.75. The molecule has 3 aromatic rings. The van der Waals surface area contributed by atoms with Gasteiger partial charge in [-0.1, -0.05) is 18.2 Å². The number of nitrogens with one attached hydrogen (secondary N) is 2. The Balaban J connectivity index is 1.76. The van der Waals surface area contributed by atoms with Gasteiger partial charge in [0.25, 0.3) is 11.5 Å². The van der Waals surface area contributed by atoms with Gasteiger partial charge in [-0.05, 0) is 39.9 Å². The minimum absolute atomic E-state index is 0.0877. The molecule has 0 aliphatic carbocycles. The van der Waals surface area contributed by atoms with Crippen LogP contribution in [0.5, 0.6) is 0 Å². The van der Waals surface area contributed by atoms with E-state index in [0.29, 0.717) is 10.8 Å². The fraction of sp³-hybridized carbons (Fsp3) is 0.125. The topological polar surface area (TPSA) is 82.2 Å². The first kappa shape index (κ1) is 14.5. The SMILES string of the molecule is O=C(NCC(O)c1ccsc1)c1cc2ccccc2c(=O)[nH]1. The molecule has 1 amide bonds. The molecule has 0 fully saturated rings. The van der Waals surface area contributed by atoms with Gasteiger partial charge >= 0.3 is 0 Å². The Morgan fingerprint density at radius 3 is 2.91 bits per heavy atom. The summed E-state index contributed by atoms with van der Waals surface area (Å²) < 4.78 is 0. The molecule has 112 valence electrons. The van der Waals surface area contributed by atoms with Crippen LogP contribution in [0.25, 0.3) is 10.8 Å². The molecular formula is C16H14N2O3S. The molecule has 0 spiro atoms. The molecule has 0 bridgehead atoms. The number of hydrogen-bond acceptors (Lipinski definition) is 4. The van der Waals surface area contributed by atoms with Crippen molar-refractivity contribution in [2.45, 2.75) is 6.10 Å². The number of thiophene rings is 1. The van der Waals surface area contributed by atoms with E-state index in [9.17, 15) is 14.7 Å². The quantitative estimate of drug-likeness (QED) is 0.689. The number of aromatic nitrogens is 1. The van der Waals surface area contributed by atoms with Crippen LogP contribution < -0.4 is 10.9 Å². The third-order valence-corrected chi connectivity index (χ3v) is 4.08. The van der Waals surface area contributed by atoms with Gasteiger partial charge in [0.15, 0.2) is 0 Å². The lowest BCUT2D eigenvalue weighted by molar-refractivity contribution is 0.0911. The molecule has 0 saturated heterocycles. The van der Waals surface area contributed by atoms with Crippen molar-refractivity contribution in [2.75, 3.05) is 6.54 Å². The number of fused-ring (bicyclic) bond motifs is 1. The summed E-state index contributed by atoms with van der Waals surface area (Å²) in [5.41, 5.74) is 0.639. The van der Waals surface area contributed by atoms with Gasteiger partial charge in [0.05, 0.1) is 6.10 Å². The van der Waals surface area contributed by atoms with Gasteiger partial charge < -0.3 is 15.4 Å². The summed E-state index contributed by atoms with van der Waals surface area (Å²) in [5, 5.41) is 17.5. The van der Waals surface area contributed by atoms with E-state index in [-0.39, 0.29) is 17.8 Å². The van der Waals surface area contributed by atoms with Crippen LogP contribution in [0.2, 0.25) is 0 Å². The molecule has 0 radical (unpaired) electrons. The Morgan fingerprint density at radius 2 is 2.14 bits per heavy atom. The summed E-state index contributed by atoms with van der Waals surface area (Å²) in [6.07, 6.45) is -0.762. The van der Waals surface area contributed by atoms with E-state index < -0.39 is 12.0 Å². The Morgan fingerprint density at radius 1 is 1.32 bits per heavy atom. The molecular weight excluding hydrogens is 300 g/mol. The van der Waals surface area contributed by atoms with Crippen molar-refractivity contribution in [3.63, 3.8) is 0 Å². The van der Waals surface area contributed by atoms with Crippen LogP contribution >= 0.6 is 11.3 Å². The van der Waals surface area contributed by atoms with Crippen LogP contribution in [-0.4, -0.2) is 22.5 Å². The largest absolute Gasteiger partial charge is 0.387 e. The average molecular weight is 314 g/mol. The number of carbonyl (C=O) groups is 1. The third-order valence-electron chi connectivity index (χ3n) is 3.38. The zero-order valence-corrected chi connectivity index (χ0v) is 12.4. The zero-order chi connectivity index (χ0) is 15.5. The number of amides is 1. The zero-order valence-electron chi connectivity index (χ0n) is 11.6. The predicted octanol–water partition coefficient (Wildman–Crippen LogP) is 2.05. The molecule has 3 rings (SSSR count). The van der Waals surface area contributed by atoms with Crippen LogP contribution in [0.15, 0.2) is 52.0 Å². The van der Waals surface area contributed by atoms with E-state index in [1.807, 2.05) is 16.8 Å². The fourth-order valence-corrected chi connectivity index (χ4v) is 2.91. The summed E-state index contributed by atoms with van der Waals surface area (Å²) >= 11 is 1.48. The van der Waals surface area contributed by atoms with Crippen LogP contribution in [0.3, 0.4) is 0 Å². The second-order valence-electron chi connectivity index (χ2n) is 4.88. The highest BCUT2D eigenvalue weighted by molar-refractivity contribution is 7.07. The van der Waals surface area contributed by atoms with Crippen LogP contribution in [0.1, 0.15) is 22.2 Å². The summed E-state index contributed by atoms with van der Waals surface area (Å²) in [4.78, 5) is 26.6. The second-order valence-corrected chi connectivity index (χ2v) is 5.66. The molecule has 0 aliphatic heterocycles. The maximum atomic E-state index is 12.1. The lowest BCUT2D eigenvalue weighted by Crippen LogP contribution is -2.30. The van der Waals surface area contributed by atoms with Gasteiger partial charge in [-0.25, -0.2) is 0 Å². The monoisotopic (exact) mass is 314 g/mol. The van der Waals surface area contributed by atoms with Crippen LogP contribution in [-0.2, 0) is 0 Å². The predicted molar refractivity (Wildman–Crippen MR) is 86.2 cm³/mol. The van der Waals surface area contributed by atoms with E-state index in [1.165, 1.54) is 11.3 Å². The fourth-order valence-electron chi connectivity index (χ4n) is 2.20. The van der Waals surface area contributed by atoms with Crippen molar-refractivity contribution in [3.8, 4) is 0 Å². The van der Waals surface area contributed by atoms with Gasteiger partial charge in [-0.2, -0.15) is 11.3 Å². The number of hydrogen-bond donors (Lipinski definition) is 3. The summed E-state index contributed by atoms with van der Waals surface area (Å²) in [7, 11) is 0. The first-order chi connectivity index (χ1) is 10.6. The number of rotatable bonds is 4. The standard InChI is InChI=1S/C16H14N2O3S/c19-14(11-5-6-22-9-11)8-17-16(21)13-7-10-3-1-2-4-12(10)15(20)18-13/h1-7,9,14,19H,8H2,(H,17,21)(H,18,20). The molecule has 6 heteroatoms. The van der Waals surface area contributed by atoms with E-state index in [2.05, 4.69) is 10.3 Å². The second kappa shape index (κ2) is 6.13. The van der Waals surface area contributed by atoms with E-state index >= 15 is 0 Å². The first-order valence-corrected chi connectivity index (χ1v) is 7.70. The van der Waals surface area contributed by atoms with Crippen molar-refractivity contribution in [1.29, 1.82) is 0 Å². The molecule has 1 atom stereocenters. The van der Waals surface area contributed by atoms with E-state index in [1.54, 1.807) is 30.3 Å². The maximum absolute atomic E-state index is 12.1. The van der Waals surface area contributed by atoms with E-state index in [0.717, 1.165) is 5.56 Å². The van der Waals surface area contributed by atoms with Crippen molar-refractivity contribution < 1.29 is 9.90 Å². The molecule has 1 unspecified atom stereocenters. The van der Waals surface area contributed by atoms with Gasteiger partial charge in [0.1, 0.15) is 5.69 Å². The average Bonchev–Trinajstić information content (AvgIpc) is 3.06. The number of aromatic amines is 1. The number of H-pyrrole nitrogens is 1. The van der Waals surface area contributed by atoms with Crippen molar-refractivity contribution in [1.82, 2.24) is 10.3 Å². The van der Waals surface area contributed by atoms with Crippen LogP contribution in [0, 0.1) is 0 Å². The summed E-state index contributed by atoms with van der Waals surface area (Å²) in [5.74, 6) is -0.419. The number of aliphatic hydroxyl groups excluding tert-OH is 1. The molecule has 22 heavy (non-hydrogen) atoms. The third kappa shape index (κ3) is 2.93. The number of aliphatic hydroxyl groups is 1. The van der Waals surface area contributed by atoms with Gasteiger partial charge in [0, 0.05) is 11.9 Å². The minimum atomic E-state index is -0.762. The Kier molecular flexibility index (Phi) is 4.04. The highest BCUT2D eigenvalue weighted by Gasteiger charge is 2.13. The molecule has 5 nitrogen and oxygen atoms in total. The number of pyridine rings is 1. The number of benzene rings is 1. The molecule has 0 saturated carbocycles. The van der Waals surface area contributed by atoms with Crippen molar-refractivity contribution in [3.05, 3.63) is 68.8 Å². The normalized spacial score (nSPS) is 12.2. The van der Waals surface area contributed by atoms with Gasteiger partial charge in [-0.3, -0.25) is 9.59 Å². The Labute approximate surface area is 130 Å². The minimum Gasteiger partial charge on any atom is -0.387 e. The molecule has 0 aliphatic rings. The van der Waals surface area contributed by atoms with E-state index in [4.69, 9.17) is 0 Å². The van der Waals surface area contributed by atoms with Gasteiger partial charge in [-0.15, -0.1) is 0 Å². The summed E-state index contributed by atoms with van der Waals surface area (Å²) in [6.45, 7) is 0.0877.